The number of fused-ring (bicyclic) bond motifs is 1. The SMILES string of the molecule is CNCC(=O)NCCCCc1ncc(-c2ccc3cc(-c4ccc(CNC(=O)C5CCCN5C(=O)C(NC(=O)OC)C(C)C)cc4)ccc3c2)[nH]1. The van der Waals surface area contributed by atoms with E-state index in [0.29, 0.717) is 32.6 Å². The molecule has 2 heterocycles. The molecule has 4 aromatic rings. The first-order valence-electron chi connectivity index (χ1n) is 17.7. The molecule has 2 unspecified atom stereocenters. The maximum absolute atomic E-state index is 13.3. The second-order valence-corrected chi connectivity index (χ2v) is 13.3. The number of ether oxygens (including phenoxy) is 1. The van der Waals surface area contributed by atoms with E-state index in [1.54, 1.807) is 11.9 Å². The molecule has 4 amide bonds. The highest BCUT2D eigenvalue weighted by molar-refractivity contribution is 5.92. The highest BCUT2D eigenvalue weighted by Gasteiger charge is 2.38. The number of methoxy groups -OCH3 is 1. The number of rotatable bonds is 15. The number of imidazole rings is 1. The maximum Gasteiger partial charge on any atom is 0.407 e. The fourth-order valence-corrected chi connectivity index (χ4v) is 6.40. The van der Waals surface area contributed by atoms with Crippen LogP contribution in [0.1, 0.15) is 50.9 Å². The van der Waals surface area contributed by atoms with E-state index in [-0.39, 0.29) is 23.6 Å². The lowest BCUT2D eigenvalue weighted by atomic mass is 9.98. The normalized spacial score (nSPS) is 14.8. The Morgan fingerprint density at radius 1 is 0.941 bits per heavy atom. The monoisotopic (exact) mass is 695 g/mol. The van der Waals surface area contributed by atoms with Gasteiger partial charge in [0.15, 0.2) is 0 Å². The smallest absolute Gasteiger partial charge is 0.407 e. The van der Waals surface area contributed by atoms with Gasteiger partial charge in [-0.15, -0.1) is 0 Å². The molecule has 1 aliphatic heterocycles. The summed E-state index contributed by atoms with van der Waals surface area (Å²) in [6.45, 7) is 5.50. The molecule has 1 saturated heterocycles. The number of benzene rings is 3. The molecule has 3 aromatic carbocycles. The zero-order chi connectivity index (χ0) is 36.3. The number of alkyl carbamates (subject to hydrolysis) is 1. The molecule has 1 aliphatic rings. The molecule has 5 N–H and O–H groups in total. The van der Waals surface area contributed by atoms with E-state index < -0.39 is 18.2 Å². The van der Waals surface area contributed by atoms with Gasteiger partial charge in [0, 0.05) is 31.6 Å². The van der Waals surface area contributed by atoms with Gasteiger partial charge in [-0.3, -0.25) is 14.4 Å². The average Bonchev–Trinajstić information content (AvgIpc) is 3.83. The zero-order valence-corrected chi connectivity index (χ0v) is 29.9. The molecule has 270 valence electrons. The highest BCUT2D eigenvalue weighted by atomic mass is 16.5. The van der Waals surface area contributed by atoms with Gasteiger partial charge >= 0.3 is 6.09 Å². The number of unbranched alkanes of at least 4 members (excludes halogenated alkanes) is 1. The van der Waals surface area contributed by atoms with Gasteiger partial charge in [-0.2, -0.15) is 0 Å². The van der Waals surface area contributed by atoms with Crippen molar-refractivity contribution in [2.24, 2.45) is 5.92 Å². The van der Waals surface area contributed by atoms with Crippen molar-refractivity contribution in [1.29, 1.82) is 0 Å². The minimum Gasteiger partial charge on any atom is -0.453 e. The van der Waals surface area contributed by atoms with Crippen molar-refractivity contribution in [3.8, 4) is 22.4 Å². The Bertz CT molecular complexity index is 1820. The lowest BCUT2D eigenvalue weighted by Gasteiger charge is -2.30. The summed E-state index contributed by atoms with van der Waals surface area (Å²) in [5, 5.41) is 13.6. The van der Waals surface area contributed by atoms with E-state index in [0.717, 1.165) is 70.2 Å². The number of hydrogen-bond acceptors (Lipinski definition) is 7. The maximum atomic E-state index is 13.3. The Morgan fingerprint density at radius 2 is 1.65 bits per heavy atom. The number of nitrogens with zero attached hydrogens (tertiary/aromatic N) is 2. The molecule has 0 spiro atoms. The molecule has 0 saturated carbocycles. The number of nitrogens with one attached hydrogen (secondary N) is 5. The second kappa shape index (κ2) is 17.6. The van der Waals surface area contributed by atoms with Gasteiger partial charge in [-0.1, -0.05) is 62.4 Å². The fourth-order valence-electron chi connectivity index (χ4n) is 6.40. The van der Waals surface area contributed by atoms with Crippen LogP contribution in [0.5, 0.6) is 0 Å². The lowest BCUT2D eigenvalue weighted by Crippen LogP contribution is -2.55. The van der Waals surface area contributed by atoms with Crippen molar-refractivity contribution in [2.75, 3.05) is 33.8 Å². The topological polar surface area (TPSA) is 158 Å². The van der Waals surface area contributed by atoms with Gasteiger partial charge in [0.1, 0.15) is 17.9 Å². The van der Waals surface area contributed by atoms with Gasteiger partial charge < -0.3 is 35.9 Å². The summed E-state index contributed by atoms with van der Waals surface area (Å²) in [5.41, 5.74) is 5.17. The molecular formula is C39H49N7O5. The van der Waals surface area contributed by atoms with Crippen LogP contribution in [-0.2, 0) is 32.1 Å². The largest absolute Gasteiger partial charge is 0.453 e. The number of H-pyrrole nitrogens is 1. The Morgan fingerprint density at radius 3 is 2.35 bits per heavy atom. The second-order valence-electron chi connectivity index (χ2n) is 13.3. The van der Waals surface area contributed by atoms with Gasteiger partial charge in [0.05, 0.1) is 25.5 Å². The Hall–Kier alpha value is -5.23. The highest BCUT2D eigenvalue weighted by Crippen LogP contribution is 2.29. The summed E-state index contributed by atoms with van der Waals surface area (Å²) < 4.78 is 4.69. The molecular weight excluding hydrogens is 646 g/mol. The van der Waals surface area contributed by atoms with E-state index in [1.165, 1.54) is 7.11 Å². The molecule has 5 rings (SSSR count). The number of aryl methyl sites for hydroxylation is 1. The lowest BCUT2D eigenvalue weighted by molar-refractivity contribution is -0.140. The summed E-state index contributed by atoms with van der Waals surface area (Å²) in [6, 6.07) is 19.6. The summed E-state index contributed by atoms with van der Waals surface area (Å²) in [7, 11) is 3.01. The number of hydrogen-bond donors (Lipinski definition) is 5. The molecule has 1 aromatic heterocycles. The molecule has 0 aliphatic carbocycles. The van der Waals surface area contributed by atoms with Crippen LogP contribution in [0.2, 0.25) is 0 Å². The average molecular weight is 696 g/mol. The van der Waals surface area contributed by atoms with Gasteiger partial charge in [-0.25, -0.2) is 9.78 Å². The van der Waals surface area contributed by atoms with E-state index in [9.17, 15) is 19.2 Å². The van der Waals surface area contributed by atoms with Crippen LogP contribution in [0.25, 0.3) is 33.2 Å². The van der Waals surface area contributed by atoms with E-state index in [2.05, 4.69) is 79.8 Å². The molecule has 2 atom stereocenters. The first kappa shape index (κ1) is 37.0. The van der Waals surface area contributed by atoms with Crippen molar-refractivity contribution >= 4 is 34.6 Å². The summed E-state index contributed by atoms with van der Waals surface area (Å²) in [6.07, 6.45) is 5.15. The van der Waals surface area contributed by atoms with Crippen molar-refractivity contribution in [3.63, 3.8) is 0 Å². The van der Waals surface area contributed by atoms with Crippen LogP contribution < -0.4 is 21.3 Å². The molecule has 0 radical (unpaired) electrons. The zero-order valence-electron chi connectivity index (χ0n) is 29.9. The molecule has 51 heavy (non-hydrogen) atoms. The number of amides is 4. The Balaban J connectivity index is 1.14. The van der Waals surface area contributed by atoms with Crippen LogP contribution in [0.4, 0.5) is 4.79 Å². The predicted molar refractivity (Wildman–Crippen MR) is 198 cm³/mol. The van der Waals surface area contributed by atoms with Crippen LogP contribution in [0, 0.1) is 5.92 Å². The summed E-state index contributed by atoms with van der Waals surface area (Å²) in [4.78, 5) is 59.5. The van der Waals surface area contributed by atoms with Gasteiger partial charge in [0.25, 0.3) is 0 Å². The number of aromatic nitrogens is 2. The van der Waals surface area contributed by atoms with E-state index in [1.807, 2.05) is 32.2 Å². The van der Waals surface area contributed by atoms with Crippen LogP contribution >= 0.6 is 0 Å². The number of aromatic amines is 1. The summed E-state index contributed by atoms with van der Waals surface area (Å²) in [5.74, 6) is 0.314. The molecule has 12 nitrogen and oxygen atoms in total. The fraction of sp³-hybridized carbons (Fsp3) is 0.410. The van der Waals surface area contributed by atoms with Crippen LogP contribution in [0.15, 0.2) is 66.9 Å². The first-order valence-corrected chi connectivity index (χ1v) is 17.7. The van der Waals surface area contributed by atoms with E-state index >= 15 is 0 Å². The van der Waals surface area contributed by atoms with Crippen LogP contribution in [-0.4, -0.2) is 84.6 Å². The van der Waals surface area contributed by atoms with Gasteiger partial charge in [0.2, 0.25) is 17.7 Å². The predicted octanol–water partition coefficient (Wildman–Crippen LogP) is 4.54. The third kappa shape index (κ3) is 9.72. The Labute approximate surface area is 299 Å². The quantitative estimate of drug-likeness (QED) is 0.114. The Kier molecular flexibility index (Phi) is 12.8. The number of carbonyl (C=O) groups is 4. The van der Waals surface area contributed by atoms with Crippen LogP contribution in [0.3, 0.4) is 0 Å². The van der Waals surface area contributed by atoms with Crippen molar-refractivity contribution in [1.82, 2.24) is 36.1 Å². The third-order valence-corrected chi connectivity index (χ3v) is 9.26. The molecule has 12 heteroatoms. The summed E-state index contributed by atoms with van der Waals surface area (Å²) >= 11 is 0. The van der Waals surface area contributed by atoms with Crippen molar-refractivity contribution < 1.29 is 23.9 Å². The molecule has 0 bridgehead atoms. The standard InChI is InChI=1S/C39H49N7O5/c1-25(2)36(45-39(50)51-4)38(49)46-19-7-8-33(46)37(48)43-22-26-10-12-27(13-11-26)28-14-15-30-21-31(17-16-29(30)20-28)32-23-42-34(44-32)9-5-6-18-41-35(47)24-40-3/h10-17,20-21,23,25,33,36,40H,5-9,18-19,22,24H2,1-4H3,(H,41,47)(H,42,44)(H,43,48)(H,45,50). The minimum atomic E-state index is -0.766. The van der Waals surface area contributed by atoms with Crippen molar-refractivity contribution in [2.45, 2.75) is 64.6 Å². The first-order chi connectivity index (χ1) is 24.7. The number of carbonyl (C=O) groups excluding carboxylic acids is 4. The van der Waals surface area contributed by atoms with Gasteiger partial charge in [-0.05, 0) is 78.2 Å². The number of likely N-dealkylation sites (tertiary alicyclic amines) is 1. The van der Waals surface area contributed by atoms with Crippen molar-refractivity contribution in [3.05, 3.63) is 78.2 Å². The molecule has 1 fully saturated rings. The third-order valence-electron chi connectivity index (χ3n) is 9.26. The minimum absolute atomic E-state index is 0.00943. The number of likely N-dealkylation sites (N-methyl/N-ethyl adjacent to an activating group) is 1. The van der Waals surface area contributed by atoms with E-state index in [4.69, 9.17) is 4.74 Å².